The van der Waals surface area contributed by atoms with Gasteiger partial charge in [0.15, 0.2) is 0 Å². The third kappa shape index (κ3) is 2.20. The van der Waals surface area contributed by atoms with Gasteiger partial charge in [-0.3, -0.25) is 4.98 Å². The summed E-state index contributed by atoms with van der Waals surface area (Å²) in [7, 11) is 0. The summed E-state index contributed by atoms with van der Waals surface area (Å²) in [5, 5.41) is 9.19. The fraction of sp³-hybridized carbons (Fsp3) is 0.312. The molecule has 0 spiro atoms. The van der Waals surface area contributed by atoms with Gasteiger partial charge in [-0.1, -0.05) is 28.9 Å². The highest BCUT2D eigenvalue weighted by atomic mass is 35.5. The lowest BCUT2D eigenvalue weighted by molar-refractivity contribution is 0.559. The van der Waals surface area contributed by atoms with E-state index in [1.54, 1.807) is 6.20 Å². The summed E-state index contributed by atoms with van der Waals surface area (Å²) in [6.45, 7) is 2.93. The number of pyridine rings is 1. The number of hydrogen-bond acceptors (Lipinski definition) is 3. The fourth-order valence-electron chi connectivity index (χ4n) is 2.66. The lowest BCUT2D eigenvalue weighted by Crippen LogP contribution is -2.01. The summed E-state index contributed by atoms with van der Waals surface area (Å²) in [6.07, 6.45) is 4.38. The highest BCUT2D eigenvalue weighted by Crippen LogP contribution is 2.36. The van der Waals surface area contributed by atoms with E-state index in [2.05, 4.69) is 21.4 Å². The van der Waals surface area contributed by atoms with Crippen molar-refractivity contribution in [3.05, 3.63) is 41.2 Å². The van der Waals surface area contributed by atoms with Gasteiger partial charge in [-0.15, -0.1) is 5.10 Å². The van der Waals surface area contributed by atoms with Crippen molar-refractivity contribution in [1.29, 1.82) is 0 Å². The number of halogens is 1. The van der Waals surface area contributed by atoms with Crippen LogP contribution in [0.5, 0.6) is 0 Å². The van der Waals surface area contributed by atoms with Crippen LogP contribution in [0.25, 0.3) is 22.2 Å². The van der Waals surface area contributed by atoms with Gasteiger partial charge in [0, 0.05) is 29.6 Å². The first-order valence-corrected chi connectivity index (χ1v) is 7.55. The molecule has 4 nitrogen and oxygen atoms in total. The predicted molar refractivity (Wildman–Crippen MR) is 83.2 cm³/mol. The Kier molecular flexibility index (Phi) is 2.93. The molecule has 106 valence electrons. The van der Waals surface area contributed by atoms with Crippen molar-refractivity contribution in [2.75, 3.05) is 0 Å². The van der Waals surface area contributed by atoms with Crippen LogP contribution in [0.2, 0.25) is 5.02 Å². The number of nitrogens with zero attached hydrogens (tertiary/aromatic N) is 4. The molecule has 0 amide bonds. The van der Waals surface area contributed by atoms with Crippen molar-refractivity contribution in [2.45, 2.75) is 26.3 Å². The van der Waals surface area contributed by atoms with E-state index in [0.717, 1.165) is 40.3 Å². The van der Waals surface area contributed by atoms with Gasteiger partial charge in [0.2, 0.25) is 0 Å². The van der Waals surface area contributed by atoms with E-state index in [4.69, 9.17) is 11.6 Å². The van der Waals surface area contributed by atoms with Gasteiger partial charge < -0.3 is 0 Å². The van der Waals surface area contributed by atoms with Gasteiger partial charge >= 0.3 is 0 Å². The molecular weight excluding hydrogens is 284 g/mol. The highest BCUT2D eigenvalue weighted by Gasteiger charge is 2.24. The van der Waals surface area contributed by atoms with Crippen LogP contribution >= 0.6 is 11.6 Å². The maximum Gasteiger partial charge on any atom is 0.132 e. The molecule has 2 heterocycles. The van der Waals surface area contributed by atoms with Crippen LogP contribution in [-0.4, -0.2) is 20.0 Å². The molecule has 4 rings (SSSR count). The minimum Gasteiger partial charge on any atom is -0.261 e. The van der Waals surface area contributed by atoms with Gasteiger partial charge in [-0.25, -0.2) is 4.68 Å². The average molecular weight is 299 g/mol. The minimum atomic E-state index is 0.658. The molecule has 21 heavy (non-hydrogen) atoms. The Morgan fingerprint density at radius 2 is 2.10 bits per heavy atom. The Hall–Kier alpha value is -1.94. The molecule has 1 aromatic carbocycles. The van der Waals surface area contributed by atoms with Gasteiger partial charge in [-0.05, 0) is 37.8 Å². The molecule has 0 unspecified atom stereocenters. The summed E-state index contributed by atoms with van der Waals surface area (Å²) >= 11 is 6.57. The Balaban J connectivity index is 1.85. The van der Waals surface area contributed by atoms with Crippen LogP contribution in [0.15, 0.2) is 30.5 Å². The molecule has 0 aliphatic heterocycles. The summed E-state index contributed by atoms with van der Waals surface area (Å²) in [5.41, 5.74) is 4.76. The number of aromatic nitrogens is 4. The smallest absolute Gasteiger partial charge is 0.132 e. The maximum atomic E-state index is 6.57. The number of fused-ring (bicyclic) bond motifs is 1. The topological polar surface area (TPSA) is 43.6 Å². The fourth-order valence-corrected chi connectivity index (χ4v) is 2.96. The molecule has 1 aliphatic rings. The van der Waals surface area contributed by atoms with E-state index < -0.39 is 0 Å². The molecule has 1 saturated carbocycles. The number of benzene rings is 1. The van der Waals surface area contributed by atoms with Crippen LogP contribution in [0.1, 0.15) is 18.5 Å². The maximum absolute atomic E-state index is 6.57. The van der Waals surface area contributed by atoms with Crippen LogP contribution < -0.4 is 0 Å². The van der Waals surface area contributed by atoms with E-state index in [-0.39, 0.29) is 0 Å². The molecule has 0 N–H and O–H groups in total. The molecule has 2 aromatic heterocycles. The van der Waals surface area contributed by atoms with E-state index in [1.807, 2.05) is 29.8 Å². The van der Waals surface area contributed by atoms with E-state index >= 15 is 0 Å². The molecule has 1 aliphatic carbocycles. The Morgan fingerprint density at radius 3 is 2.86 bits per heavy atom. The summed E-state index contributed by atoms with van der Waals surface area (Å²) in [5.74, 6) is 0.758. The largest absolute Gasteiger partial charge is 0.261 e. The second-order valence-corrected chi connectivity index (χ2v) is 6.02. The van der Waals surface area contributed by atoms with Crippen molar-refractivity contribution in [1.82, 2.24) is 20.0 Å². The molecule has 1 fully saturated rings. The van der Waals surface area contributed by atoms with Crippen LogP contribution in [0.3, 0.4) is 0 Å². The first-order chi connectivity index (χ1) is 10.2. The highest BCUT2D eigenvalue weighted by molar-refractivity contribution is 6.37. The van der Waals surface area contributed by atoms with Crippen molar-refractivity contribution < 1.29 is 0 Å². The second-order valence-electron chi connectivity index (χ2n) is 5.65. The number of hydrogen-bond donors (Lipinski definition) is 0. The van der Waals surface area contributed by atoms with Crippen LogP contribution in [-0.2, 0) is 6.54 Å². The monoisotopic (exact) mass is 298 g/mol. The zero-order chi connectivity index (χ0) is 14.4. The van der Waals surface area contributed by atoms with Gasteiger partial charge in [0.1, 0.15) is 5.52 Å². The molecule has 0 radical (unpaired) electrons. The lowest BCUT2D eigenvalue weighted by Gasteiger charge is -2.08. The lowest BCUT2D eigenvalue weighted by atomic mass is 10.0. The van der Waals surface area contributed by atoms with Gasteiger partial charge in [0.05, 0.1) is 10.5 Å². The molecule has 3 aromatic rings. The predicted octanol–water partition coefficient (Wildman–Crippen LogP) is 3.87. The first-order valence-electron chi connectivity index (χ1n) is 7.17. The molecular formula is C16H15ClN4. The third-order valence-corrected chi connectivity index (χ3v) is 4.43. The average Bonchev–Trinajstić information content (AvgIpc) is 3.20. The molecule has 0 saturated heterocycles. The van der Waals surface area contributed by atoms with Crippen molar-refractivity contribution in [2.24, 2.45) is 5.92 Å². The van der Waals surface area contributed by atoms with Gasteiger partial charge in [0.25, 0.3) is 0 Å². The Labute approximate surface area is 127 Å². The SMILES string of the molecule is Cc1ncccc1-c1ccc2c(nnn2CC2CC2)c1Cl. The van der Waals surface area contributed by atoms with Gasteiger partial charge in [-0.2, -0.15) is 0 Å². The molecule has 0 atom stereocenters. The molecule has 5 heteroatoms. The first kappa shape index (κ1) is 12.8. The van der Waals surface area contributed by atoms with E-state index in [9.17, 15) is 0 Å². The second kappa shape index (κ2) is 4.81. The Bertz CT molecular complexity index is 820. The van der Waals surface area contributed by atoms with Crippen molar-refractivity contribution in [3.8, 4) is 11.1 Å². The van der Waals surface area contributed by atoms with Crippen LogP contribution in [0.4, 0.5) is 0 Å². The molecule has 0 bridgehead atoms. The zero-order valence-corrected chi connectivity index (χ0v) is 12.5. The number of rotatable bonds is 3. The zero-order valence-electron chi connectivity index (χ0n) is 11.8. The van der Waals surface area contributed by atoms with E-state index in [0.29, 0.717) is 5.02 Å². The van der Waals surface area contributed by atoms with Crippen molar-refractivity contribution in [3.63, 3.8) is 0 Å². The van der Waals surface area contributed by atoms with Crippen molar-refractivity contribution >= 4 is 22.6 Å². The minimum absolute atomic E-state index is 0.658. The third-order valence-electron chi connectivity index (χ3n) is 4.05. The normalized spacial score (nSPS) is 14.8. The standard InChI is InChI=1S/C16H15ClN4/c1-10-12(3-2-8-18-10)13-6-7-14-16(15(13)17)19-20-21(14)9-11-4-5-11/h2-3,6-8,11H,4-5,9H2,1H3. The summed E-state index contributed by atoms with van der Waals surface area (Å²) < 4.78 is 1.97. The summed E-state index contributed by atoms with van der Waals surface area (Å²) in [4.78, 5) is 4.33. The van der Waals surface area contributed by atoms with E-state index in [1.165, 1.54) is 12.8 Å². The Morgan fingerprint density at radius 1 is 1.24 bits per heavy atom. The number of aryl methyl sites for hydroxylation is 1. The summed E-state index contributed by atoms with van der Waals surface area (Å²) in [6, 6.07) is 8.06. The van der Waals surface area contributed by atoms with Crippen LogP contribution in [0, 0.1) is 12.8 Å². The quantitative estimate of drug-likeness (QED) is 0.737.